The second kappa shape index (κ2) is 6.22. The Morgan fingerprint density at radius 2 is 2.08 bits per heavy atom. The zero-order valence-electron chi connectivity index (χ0n) is 7.21. The molecule has 0 saturated carbocycles. The predicted octanol–water partition coefficient (Wildman–Crippen LogP) is -0.514. The Bertz CT molecular complexity index is 137. The number of nitrogens with zero attached hydrogens (tertiary/aromatic N) is 1. The van der Waals surface area contributed by atoms with Crippen molar-refractivity contribution < 1.29 is 9.53 Å². The van der Waals surface area contributed by atoms with E-state index in [0.29, 0.717) is 0 Å². The molecule has 5 heteroatoms. The predicted molar refractivity (Wildman–Crippen MR) is 48.6 cm³/mol. The first kappa shape index (κ1) is 11.7. The van der Waals surface area contributed by atoms with Crippen LogP contribution in [0.15, 0.2) is 0 Å². The summed E-state index contributed by atoms with van der Waals surface area (Å²) >= 11 is 0. The Hall–Kier alpha value is -0.320. The third kappa shape index (κ3) is 3.38. The van der Waals surface area contributed by atoms with Crippen molar-refractivity contribution in [1.82, 2.24) is 10.2 Å². The molecule has 1 aliphatic rings. The number of nitrogens with one attached hydrogen (secondary N) is 1. The van der Waals surface area contributed by atoms with E-state index in [1.54, 1.807) is 7.11 Å². The Morgan fingerprint density at radius 1 is 1.50 bits per heavy atom. The van der Waals surface area contributed by atoms with Crippen LogP contribution >= 0.6 is 12.4 Å². The average Bonchev–Trinajstić information content (AvgIpc) is 2.07. The van der Waals surface area contributed by atoms with Crippen LogP contribution in [0.25, 0.3) is 0 Å². The van der Waals surface area contributed by atoms with Gasteiger partial charge in [0.1, 0.15) is 6.61 Å². The highest BCUT2D eigenvalue weighted by atomic mass is 35.5. The summed E-state index contributed by atoms with van der Waals surface area (Å²) in [6.45, 7) is 3.62. The summed E-state index contributed by atoms with van der Waals surface area (Å²) in [5.74, 6) is 0.0917. The highest BCUT2D eigenvalue weighted by Crippen LogP contribution is 1.92. The minimum atomic E-state index is 0. The van der Waals surface area contributed by atoms with Gasteiger partial charge < -0.3 is 15.0 Å². The molecule has 1 fully saturated rings. The van der Waals surface area contributed by atoms with Gasteiger partial charge in [0.05, 0.1) is 0 Å². The molecule has 0 aromatic heterocycles. The van der Waals surface area contributed by atoms with E-state index in [9.17, 15) is 4.79 Å². The maximum atomic E-state index is 11.2. The maximum absolute atomic E-state index is 11.2. The van der Waals surface area contributed by atoms with Crippen molar-refractivity contribution in [3.05, 3.63) is 0 Å². The molecular weight excluding hydrogens is 180 g/mol. The van der Waals surface area contributed by atoms with E-state index in [-0.39, 0.29) is 24.9 Å². The van der Waals surface area contributed by atoms with Crippen LogP contribution < -0.4 is 5.32 Å². The van der Waals surface area contributed by atoms with Gasteiger partial charge in [-0.05, 0) is 0 Å². The molecule has 1 heterocycles. The van der Waals surface area contributed by atoms with Crippen LogP contribution in [0.4, 0.5) is 0 Å². The van der Waals surface area contributed by atoms with Crippen molar-refractivity contribution in [3.8, 4) is 0 Å². The molecule has 0 aliphatic carbocycles. The molecule has 0 spiro atoms. The second-order valence-electron chi connectivity index (χ2n) is 2.56. The number of halogens is 1. The number of hydrogen-bond donors (Lipinski definition) is 1. The van der Waals surface area contributed by atoms with E-state index in [1.165, 1.54) is 0 Å². The Labute approximate surface area is 78.7 Å². The molecule has 1 amide bonds. The van der Waals surface area contributed by atoms with E-state index in [0.717, 1.165) is 26.2 Å². The number of amides is 1. The van der Waals surface area contributed by atoms with Crippen LogP contribution in [0.2, 0.25) is 0 Å². The number of carbonyl (C=O) groups is 1. The van der Waals surface area contributed by atoms with Crippen molar-refractivity contribution in [2.24, 2.45) is 0 Å². The first-order valence-corrected chi connectivity index (χ1v) is 3.82. The van der Waals surface area contributed by atoms with Gasteiger partial charge in [-0.2, -0.15) is 0 Å². The van der Waals surface area contributed by atoms with E-state index in [2.05, 4.69) is 5.32 Å². The maximum Gasteiger partial charge on any atom is 0.248 e. The molecule has 0 radical (unpaired) electrons. The molecule has 0 atom stereocenters. The molecule has 0 bridgehead atoms. The Kier molecular flexibility index (Phi) is 6.06. The van der Waals surface area contributed by atoms with Crippen molar-refractivity contribution in [3.63, 3.8) is 0 Å². The fourth-order valence-corrected chi connectivity index (χ4v) is 1.13. The lowest BCUT2D eigenvalue weighted by molar-refractivity contribution is -0.135. The van der Waals surface area contributed by atoms with Gasteiger partial charge in [0.15, 0.2) is 0 Å². The number of ether oxygens (including phenoxy) is 1. The van der Waals surface area contributed by atoms with Gasteiger partial charge in [0, 0.05) is 33.3 Å². The summed E-state index contributed by atoms with van der Waals surface area (Å²) in [5.41, 5.74) is 0. The summed E-state index contributed by atoms with van der Waals surface area (Å²) < 4.78 is 4.75. The van der Waals surface area contributed by atoms with Gasteiger partial charge in [0.25, 0.3) is 0 Å². The third-order valence-electron chi connectivity index (χ3n) is 1.74. The number of rotatable bonds is 2. The van der Waals surface area contributed by atoms with Gasteiger partial charge >= 0.3 is 0 Å². The van der Waals surface area contributed by atoms with Crippen LogP contribution in [-0.4, -0.2) is 50.7 Å². The molecule has 0 unspecified atom stereocenters. The second-order valence-corrected chi connectivity index (χ2v) is 2.56. The van der Waals surface area contributed by atoms with E-state index >= 15 is 0 Å². The van der Waals surface area contributed by atoms with Crippen LogP contribution in [0.5, 0.6) is 0 Å². The minimum Gasteiger partial charge on any atom is -0.375 e. The fraction of sp³-hybridized carbons (Fsp3) is 0.857. The zero-order chi connectivity index (χ0) is 8.10. The van der Waals surface area contributed by atoms with E-state index < -0.39 is 0 Å². The summed E-state index contributed by atoms with van der Waals surface area (Å²) in [6.07, 6.45) is 0. The van der Waals surface area contributed by atoms with Crippen molar-refractivity contribution in [1.29, 1.82) is 0 Å². The molecular formula is C7H15ClN2O2. The molecule has 1 saturated heterocycles. The standard InChI is InChI=1S/C7H14N2O2.ClH/c1-11-6-7(10)9-4-2-8-3-5-9;/h8H,2-6H2,1H3;1H. The fourth-order valence-electron chi connectivity index (χ4n) is 1.13. The molecule has 72 valence electrons. The normalized spacial score (nSPS) is 16.9. The number of piperazine rings is 1. The van der Waals surface area contributed by atoms with Crippen molar-refractivity contribution in [2.75, 3.05) is 39.9 Å². The SMILES string of the molecule is COCC(=O)N1CCNCC1.Cl. The van der Waals surface area contributed by atoms with Crippen molar-refractivity contribution in [2.45, 2.75) is 0 Å². The van der Waals surface area contributed by atoms with E-state index in [4.69, 9.17) is 4.74 Å². The minimum absolute atomic E-state index is 0. The van der Waals surface area contributed by atoms with E-state index in [1.807, 2.05) is 4.90 Å². The molecule has 1 N–H and O–H groups in total. The highest BCUT2D eigenvalue weighted by Gasteiger charge is 2.14. The largest absolute Gasteiger partial charge is 0.375 e. The summed E-state index contributed by atoms with van der Waals surface area (Å²) in [7, 11) is 1.54. The Morgan fingerprint density at radius 3 is 2.58 bits per heavy atom. The number of carbonyl (C=O) groups excluding carboxylic acids is 1. The van der Waals surface area contributed by atoms with Gasteiger partial charge in [-0.15, -0.1) is 12.4 Å². The highest BCUT2D eigenvalue weighted by molar-refractivity contribution is 5.85. The van der Waals surface area contributed by atoms with Gasteiger partial charge in [-0.3, -0.25) is 4.79 Å². The lowest BCUT2D eigenvalue weighted by atomic mass is 10.3. The molecule has 1 aliphatic heterocycles. The first-order chi connectivity index (χ1) is 5.34. The van der Waals surface area contributed by atoms with Crippen molar-refractivity contribution >= 4 is 18.3 Å². The van der Waals surface area contributed by atoms with Crippen LogP contribution in [0.3, 0.4) is 0 Å². The number of hydrogen-bond acceptors (Lipinski definition) is 3. The topological polar surface area (TPSA) is 41.6 Å². The smallest absolute Gasteiger partial charge is 0.248 e. The summed E-state index contributed by atoms with van der Waals surface area (Å²) in [4.78, 5) is 13.0. The molecule has 12 heavy (non-hydrogen) atoms. The summed E-state index contributed by atoms with van der Waals surface area (Å²) in [6, 6.07) is 0. The lowest BCUT2D eigenvalue weighted by Gasteiger charge is -2.26. The first-order valence-electron chi connectivity index (χ1n) is 3.82. The van der Waals surface area contributed by atoms with Gasteiger partial charge in [-0.1, -0.05) is 0 Å². The molecule has 1 rings (SSSR count). The molecule has 0 aromatic rings. The van der Waals surface area contributed by atoms with Crippen LogP contribution in [0.1, 0.15) is 0 Å². The van der Waals surface area contributed by atoms with Gasteiger partial charge in [0.2, 0.25) is 5.91 Å². The molecule has 4 nitrogen and oxygen atoms in total. The Balaban J connectivity index is 0.00000121. The summed E-state index contributed by atoms with van der Waals surface area (Å²) in [5, 5.41) is 3.18. The monoisotopic (exact) mass is 194 g/mol. The van der Waals surface area contributed by atoms with Crippen LogP contribution in [0, 0.1) is 0 Å². The molecule has 0 aromatic carbocycles. The zero-order valence-corrected chi connectivity index (χ0v) is 8.02. The number of methoxy groups -OCH3 is 1. The quantitative estimate of drug-likeness (QED) is 0.644. The average molecular weight is 195 g/mol. The van der Waals surface area contributed by atoms with Gasteiger partial charge in [-0.25, -0.2) is 0 Å². The lowest BCUT2D eigenvalue weighted by Crippen LogP contribution is -2.47. The third-order valence-corrected chi connectivity index (χ3v) is 1.74. The van der Waals surface area contributed by atoms with Crippen LogP contribution in [-0.2, 0) is 9.53 Å².